The second-order valence-electron chi connectivity index (χ2n) is 8.03. The van der Waals surface area contributed by atoms with Crippen LogP contribution in [-0.2, 0) is 42.1 Å². The van der Waals surface area contributed by atoms with E-state index in [9.17, 15) is 4.79 Å². The first-order valence-corrected chi connectivity index (χ1v) is 11.0. The molecule has 0 bridgehead atoms. The molecule has 4 rings (SSSR count). The van der Waals surface area contributed by atoms with Crippen molar-refractivity contribution < 1.29 is 14.3 Å². The van der Waals surface area contributed by atoms with Gasteiger partial charge in [0.25, 0.3) is 0 Å². The van der Waals surface area contributed by atoms with Gasteiger partial charge in [0.1, 0.15) is 5.75 Å². The Kier molecular flexibility index (Phi) is 6.69. The number of methoxy groups -OCH3 is 1. The van der Waals surface area contributed by atoms with Gasteiger partial charge in [0.05, 0.1) is 32.4 Å². The third kappa shape index (κ3) is 4.68. The van der Waals surface area contributed by atoms with Gasteiger partial charge >= 0.3 is 0 Å². The van der Waals surface area contributed by atoms with Crippen LogP contribution < -0.4 is 4.74 Å². The average Bonchev–Trinajstić information content (AvgIpc) is 2.95. The van der Waals surface area contributed by atoms with Crippen molar-refractivity contribution in [2.75, 3.05) is 39.9 Å². The molecule has 2 aromatic rings. The van der Waals surface area contributed by atoms with Crippen LogP contribution in [0.3, 0.4) is 0 Å². The third-order valence-corrected chi connectivity index (χ3v) is 6.08. The van der Waals surface area contributed by atoms with E-state index in [1.165, 1.54) is 11.3 Å². The number of benzene rings is 1. The summed E-state index contributed by atoms with van der Waals surface area (Å²) in [5, 5.41) is 4.86. The zero-order valence-electron chi connectivity index (χ0n) is 18.1. The zero-order valence-corrected chi connectivity index (χ0v) is 18.1. The van der Waals surface area contributed by atoms with E-state index in [1.54, 1.807) is 7.11 Å². The van der Waals surface area contributed by atoms with Gasteiger partial charge in [-0.05, 0) is 31.0 Å². The molecule has 1 fully saturated rings. The molecular weight excluding hydrogens is 380 g/mol. The third-order valence-electron chi connectivity index (χ3n) is 6.08. The van der Waals surface area contributed by atoms with Crippen molar-refractivity contribution in [2.24, 2.45) is 0 Å². The van der Waals surface area contributed by atoms with Gasteiger partial charge in [-0.1, -0.05) is 12.1 Å². The van der Waals surface area contributed by atoms with Gasteiger partial charge in [0, 0.05) is 56.9 Å². The lowest BCUT2D eigenvalue weighted by Crippen LogP contribution is -2.36. The number of carbonyl (C=O) groups is 1. The Labute approximate surface area is 178 Å². The van der Waals surface area contributed by atoms with Gasteiger partial charge in [-0.2, -0.15) is 5.10 Å². The van der Waals surface area contributed by atoms with Crippen LogP contribution in [0.15, 0.2) is 24.3 Å². The smallest absolute Gasteiger partial charge is 0.227 e. The summed E-state index contributed by atoms with van der Waals surface area (Å²) >= 11 is 0. The average molecular weight is 413 g/mol. The lowest BCUT2D eigenvalue weighted by Gasteiger charge is -2.22. The van der Waals surface area contributed by atoms with E-state index in [4.69, 9.17) is 14.6 Å². The van der Waals surface area contributed by atoms with Gasteiger partial charge in [0.15, 0.2) is 0 Å². The quantitative estimate of drug-likeness (QED) is 0.728. The molecule has 30 heavy (non-hydrogen) atoms. The number of amides is 1. The summed E-state index contributed by atoms with van der Waals surface area (Å²) < 4.78 is 13.1. The van der Waals surface area contributed by atoms with Crippen LogP contribution in [0.25, 0.3) is 0 Å². The van der Waals surface area contributed by atoms with Gasteiger partial charge in [-0.25, -0.2) is 0 Å². The van der Waals surface area contributed by atoms with Crippen molar-refractivity contribution in [3.05, 3.63) is 46.8 Å². The minimum Gasteiger partial charge on any atom is -0.497 e. The number of nitrogens with zero attached hydrogens (tertiary/aromatic N) is 4. The molecule has 0 spiro atoms. The Hall–Kier alpha value is -2.38. The van der Waals surface area contributed by atoms with Crippen molar-refractivity contribution in [3.8, 4) is 5.75 Å². The minimum atomic E-state index is 0.186. The predicted molar refractivity (Wildman–Crippen MR) is 114 cm³/mol. The number of hydrogen-bond donors (Lipinski definition) is 0. The van der Waals surface area contributed by atoms with E-state index in [1.807, 2.05) is 29.2 Å². The maximum Gasteiger partial charge on any atom is 0.227 e. The van der Waals surface area contributed by atoms with Gasteiger partial charge in [-0.15, -0.1) is 0 Å². The lowest BCUT2D eigenvalue weighted by molar-refractivity contribution is -0.130. The summed E-state index contributed by atoms with van der Waals surface area (Å²) in [6.07, 6.45) is 2.35. The summed E-state index contributed by atoms with van der Waals surface area (Å²) in [7, 11) is 1.65. The fraction of sp³-hybridized carbons (Fsp3) is 0.565. The molecule has 0 saturated carbocycles. The SMILES string of the molecule is CCn1nc(CN2CCCN(C(=O)Cc3cccc(OC)c3)CC2)c2c1CCOC2. The minimum absolute atomic E-state index is 0.186. The Bertz CT molecular complexity index is 879. The number of rotatable bonds is 6. The number of ether oxygens (including phenoxy) is 2. The predicted octanol–water partition coefficient (Wildman–Crippen LogP) is 2.26. The van der Waals surface area contributed by atoms with E-state index in [0.29, 0.717) is 13.0 Å². The molecule has 0 aliphatic carbocycles. The molecule has 7 heteroatoms. The second kappa shape index (κ2) is 9.62. The molecule has 1 amide bonds. The summed E-state index contributed by atoms with van der Waals surface area (Å²) in [5.41, 5.74) is 4.75. The van der Waals surface area contributed by atoms with Crippen molar-refractivity contribution in [1.29, 1.82) is 0 Å². The van der Waals surface area contributed by atoms with Gasteiger partial charge in [-0.3, -0.25) is 14.4 Å². The first kappa shape index (κ1) is 20.9. The first-order chi connectivity index (χ1) is 14.7. The molecule has 1 aromatic carbocycles. The largest absolute Gasteiger partial charge is 0.497 e. The molecule has 0 atom stereocenters. The van der Waals surface area contributed by atoms with E-state index in [0.717, 1.165) is 75.7 Å². The highest BCUT2D eigenvalue weighted by Gasteiger charge is 2.24. The lowest BCUT2D eigenvalue weighted by atomic mass is 10.1. The molecule has 162 valence electrons. The normalized spacial score (nSPS) is 17.5. The van der Waals surface area contributed by atoms with Crippen LogP contribution in [0, 0.1) is 0 Å². The Morgan fingerprint density at radius 2 is 2.13 bits per heavy atom. The first-order valence-electron chi connectivity index (χ1n) is 11.0. The molecule has 0 N–H and O–H groups in total. The van der Waals surface area contributed by atoms with Crippen molar-refractivity contribution in [3.63, 3.8) is 0 Å². The molecular formula is C23H32N4O3. The molecule has 1 saturated heterocycles. The van der Waals surface area contributed by atoms with Crippen LogP contribution in [0.4, 0.5) is 0 Å². The highest BCUT2D eigenvalue weighted by molar-refractivity contribution is 5.79. The number of aromatic nitrogens is 2. The van der Waals surface area contributed by atoms with E-state index in [-0.39, 0.29) is 5.91 Å². The topological polar surface area (TPSA) is 59.8 Å². The monoisotopic (exact) mass is 412 g/mol. The highest BCUT2D eigenvalue weighted by atomic mass is 16.5. The van der Waals surface area contributed by atoms with Gasteiger partial charge in [0.2, 0.25) is 5.91 Å². The van der Waals surface area contributed by atoms with Crippen molar-refractivity contribution in [2.45, 2.75) is 45.9 Å². The number of hydrogen-bond acceptors (Lipinski definition) is 5. The Balaban J connectivity index is 1.36. The molecule has 1 aromatic heterocycles. The van der Waals surface area contributed by atoms with Crippen LogP contribution in [0.5, 0.6) is 5.75 Å². The fourth-order valence-corrected chi connectivity index (χ4v) is 4.43. The van der Waals surface area contributed by atoms with E-state index < -0.39 is 0 Å². The van der Waals surface area contributed by atoms with Crippen LogP contribution in [0.2, 0.25) is 0 Å². The number of fused-ring (bicyclic) bond motifs is 1. The number of carbonyl (C=O) groups excluding carboxylic acids is 1. The van der Waals surface area contributed by atoms with Crippen molar-refractivity contribution >= 4 is 5.91 Å². The Morgan fingerprint density at radius 1 is 1.23 bits per heavy atom. The fourth-order valence-electron chi connectivity index (χ4n) is 4.43. The maximum absolute atomic E-state index is 12.9. The molecule has 2 aliphatic rings. The molecule has 3 heterocycles. The van der Waals surface area contributed by atoms with E-state index >= 15 is 0 Å². The summed E-state index contributed by atoms with van der Waals surface area (Å²) in [6.45, 7) is 8.75. The zero-order chi connectivity index (χ0) is 20.9. The molecule has 0 unspecified atom stereocenters. The molecule has 0 radical (unpaired) electrons. The number of aryl methyl sites for hydroxylation is 1. The summed E-state index contributed by atoms with van der Waals surface area (Å²) in [6, 6.07) is 7.77. The van der Waals surface area contributed by atoms with Crippen LogP contribution in [-0.4, -0.2) is 65.4 Å². The highest BCUT2D eigenvalue weighted by Crippen LogP contribution is 2.23. The standard InChI is InChI=1S/C23H32N4O3/c1-3-27-22-8-13-30-17-20(22)21(24-27)16-25-9-5-10-26(12-11-25)23(28)15-18-6-4-7-19(14-18)29-2/h4,6-7,14H,3,5,8-13,15-17H2,1-2H3. The second-order valence-corrected chi connectivity index (χ2v) is 8.03. The van der Waals surface area contributed by atoms with E-state index in [2.05, 4.69) is 16.5 Å². The maximum atomic E-state index is 12.9. The molecule has 2 aliphatic heterocycles. The van der Waals surface area contributed by atoms with Gasteiger partial charge < -0.3 is 14.4 Å². The summed E-state index contributed by atoms with van der Waals surface area (Å²) in [5.74, 6) is 0.979. The van der Waals surface area contributed by atoms with Crippen LogP contribution in [0.1, 0.15) is 35.9 Å². The van der Waals surface area contributed by atoms with Crippen molar-refractivity contribution in [1.82, 2.24) is 19.6 Å². The Morgan fingerprint density at radius 3 is 2.97 bits per heavy atom. The van der Waals surface area contributed by atoms with Crippen LogP contribution >= 0.6 is 0 Å². The molecule has 7 nitrogen and oxygen atoms in total. The summed E-state index contributed by atoms with van der Waals surface area (Å²) in [4.78, 5) is 17.3.